The van der Waals surface area contributed by atoms with E-state index in [2.05, 4.69) is 20.7 Å². The third kappa shape index (κ3) is 3.16. The molecule has 0 aliphatic rings. The third-order valence-corrected chi connectivity index (χ3v) is 1.94. The van der Waals surface area contributed by atoms with Crippen molar-refractivity contribution in [2.45, 2.75) is 13.8 Å². The molecule has 6 nitrogen and oxygen atoms in total. The van der Waals surface area contributed by atoms with Gasteiger partial charge >= 0.3 is 0 Å². The van der Waals surface area contributed by atoms with E-state index in [9.17, 15) is 4.79 Å². The summed E-state index contributed by atoms with van der Waals surface area (Å²) in [4.78, 5) is 15.3. The number of amides is 1. The predicted molar refractivity (Wildman–Crippen MR) is 59.7 cm³/mol. The van der Waals surface area contributed by atoms with Crippen molar-refractivity contribution in [1.29, 1.82) is 0 Å². The lowest BCUT2D eigenvalue weighted by Crippen LogP contribution is -2.21. The second-order valence-corrected chi connectivity index (χ2v) is 3.06. The van der Waals surface area contributed by atoms with E-state index in [-0.39, 0.29) is 5.91 Å². The molecule has 0 saturated carbocycles. The minimum absolute atomic E-state index is 0.340. The first-order valence-electron chi connectivity index (χ1n) is 4.59. The number of nitrogens with one attached hydrogen (secondary N) is 1. The topological polar surface area (TPSA) is 86.9 Å². The predicted octanol–water partition coefficient (Wildman–Crippen LogP) is 1.04. The number of nitrogens with zero attached hydrogens (tertiary/aromatic N) is 3. The Morgan fingerprint density at radius 1 is 1.31 bits per heavy atom. The molecule has 0 aromatic carbocycles. The quantitative estimate of drug-likeness (QED) is 0.453. The number of oxime groups is 1. The van der Waals surface area contributed by atoms with Crippen LogP contribution in [0.1, 0.15) is 24.2 Å². The number of carbonyl (C=O) groups is 1. The van der Waals surface area contributed by atoms with Crippen LogP contribution in [0.4, 0.5) is 0 Å². The SMILES string of the molecule is CC(=NO)C(C)=NNC(=O)c1ccncc1. The molecule has 0 saturated heterocycles. The smallest absolute Gasteiger partial charge is 0.271 e. The molecular weight excluding hydrogens is 208 g/mol. The summed E-state index contributed by atoms with van der Waals surface area (Å²) < 4.78 is 0. The number of aromatic nitrogens is 1. The Bertz CT molecular complexity index is 426. The van der Waals surface area contributed by atoms with Gasteiger partial charge in [-0.25, -0.2) is 5.43 Å². The molecule has 16 heavy (non-hydrogen) atoms. The molecule has 6 heteroatoms. The fourth-order valence-electron chi connectivity index (χ4n) is 0.856. The van der Waals surface area contributed by atoms with Gasteiger partial charge in [-0.1, -0.05) is 5.16 Å². The fourth-order valence-corrected chi connectivity index (χ4v) is 0.856. The molecule has 0 radical (unpaired) electrons. The molecule has 0 spiro atoms. The van der Waals surface area contributed by atoms with E-state index in [0.29, 0.717) is 17.0 Å². The summed E-state index contributed by atoms with van der Waals surface area (Å²) >= 11 is 0. The van der Waals surface area contributed by atoms with Crippen molar-refractivity contribution in [1.82, 2.24) is 10.4 Å². The average Bonchev–Trinajstić information content (AvgIpc) is 2.35. The van der Waals surface area contributed by atoms with E-state index in [4.69, 9.17) is 5.21 Å². The van der Waals surface area contributed by atoms with Gasteiger partial charge in [0, 0.05) is 18.0 Å². The Labute approximate surface area is 92.7 Å². The minimum atomic E-state index is -0.340. The second kappa shape index (κ2) is 5.59. The molecule has 0 atom stereocenters. The molecule has 0 fully saturated rings. The Kier molecular flexibility index (Phi) is 4.14. The van der Waals surface area contributed by atoms with Crippen LogP contribution >= 0.6 is 0 Å². The molecule has 84 valence electrons. The number of rotatable bonds is 3. The number of pyridine rings is 1. The van der Waals surface area contributed by atoms with E-state index in [0.717, 1.165) is 0 Å². The van der Waals surface area contributed by atoms with Crippen LogP contribution in [-0.2, 0) is 0 Å². The molecule has 1 rings (SSSR count). The van der Waals surface area contributed by atoms with Crippen molar-refractivity contribution < 1.29 is 10.0 Å². The van der Waals surface area contributed by atoms with Crippen molar-refractivity contribution in [3.8, 4) is 0 Å². The maximum absolute atomic E-state index is 11.5. The Morgan fingerprint density at radius 2 is 1.94 bits per heavy atom. The van der Waals surface area contributed by atoms with Gasteiger partial charge < -0.3 is 5.21 Å². The van der Waals surface area contributed by atoms with Crippen LogP contribution in [0.2, 0.25) is 0 Å². The minimum Gasteiger partial charge on any atom is -0.411 e. The van der Waals surface area contributed by atoms with Crippen LogP contribution in [-0.4, -0.2) is 27.5 Å². The van der Waals surface area contributed by atoms with Crippen LogP contribution in [0.15, 0.2) is 34.8 Å². The zero-order chi connectivity index (χ0) is 12.0. The molecule has 0 unspecified atom stereocenters. The van der Waals surface area contributed by atoms with Gasteiger partial charge in [0.25, 0.3) is 5.91 Å². The maximum Gasteiger partial charge on any atom is 0.271 e. The fraction of sp³-hybridized carbons (Fsp3) is 0.200. The van der Waals surface area contributed by atoms with Crippen LogP contribution < -0.4 is 5.43 Å². The standard InChI is InChI=1S/C10H12N4O2/c1-7(8(2)14-16)12-13-10(15)9-3-5-11-6-4-9/h3-6,16H,1-2H3,(H,13,15). The Hall–Kier alpha value is -2.24. The molecule has 1 heterocycles. The van der Waals surface area contributed by atoms with Gasteiger partial charge in [-0.3, -0.25) is 9.78 Å². The van der Waals surface area contributed by atoms with Gasteiger partial charge in [0.2, 0.25) is 0 Å². The first-order chi connectivity index (χ1) is 7.65. The Morgan fingerprint density at radius 3 is 2.50 bits per heavy atom. The normalized spacial score (nSPS) is 12.4. The van der Waals surface area contributed by atoms with Gasteiger partial charge in [-0.15, -0.1) is 0 Å². The largest absolute Gasteiger partial charge is 0.411 e. The first kappa shape index (κ1) is 11.8. The molecule has 0 aliphatic heterocycles. The number of hydrogen-bond donors (Lipinski definition) is 2. The molecule has 1 aromatic rings. The second-order valence-electron chi connectivity index (χ2n) is 3.06. The lowest BCUT2D eigenvalue weighted by atomic mass is 10.2. The summed E-state index contributed by atoms with van der Waals surface area (Å²) in [5, 5.41) is 15.2. The summed E-state index contributed by atoms with van der Waals surface area (Å²) in [6.45, 7) is 3.21. The van der Waals surface area contributed by atoms with Crippen molar-refractivity contribution in [2.75, 3.05) is 0 Å². The summed E-state index contributed by atoms with van der Waals surface area (Å²) in [6, 6.07) is 3.15. The van der Waals surface area contributed by atoms with E-state index < -0.39 is 0 Å². The monoisotopic (exact) mass is 220 g/mol. The zero-order valence-corrected chi connectivity index (χ0v) is 9.01. The first-order valence-corrected chi connectivity index (χ1v) is 4.59. The van der Waals surface area contributed by atoms with Crippen molar-refractivity contribution in [3.63, 3.8) is 0 Å². The average molecular weight is 220 g/mol. The summed E-state index contributed by atoms with van der Waals surface area (Å²) in [5.41, 5.74) is 3.58. The van der Waals surface area contributed by atoms with Gasteiger partial charge in [0.15, 0.2) is 0 Å². The van der Waals surface area contributed by atoms with Crippen molar-refractivity contribution in [3.05, 3.63) is 30.1 Å². The van der Waals surface area contributed by atoms with Crippen LogP contribution in [0.5, 0.6) is 0 Å². The Balaban J connectivity index is 2.67. The van der Waals surface area contributed by atoms with E-state index >= 15 is 0 Å². The molecule has 0 bridgehead atoms. The molecule has 1 amide bonds. The number of hydrazone groups is 1. The summed E-state index contributed by atoms with van der Waals surface area (Å²) in [6.07, 6.45) is 3.04. The van der Waals surface area contributed by atoms with Crippen LogP contribution in [0, 0.1) is 0 Å². The van der Waals surface area contributed by atoms with Gasteiger partial charge in [0.1, 0.15) is 0 Å². The molecular formula is C10H12N4O2. The third-order valence-electron chi connectivity index (χ3n) is 1.94. The molecule has 0 aliphatic carbocycles. The highest BCUT2D eigenvalue weighted by atomic mass is 16.4. The highest BCUT2D eigenvalue weighted by Crippen LogP contribution is 1.95. The van der Waals surface area contributed by atoms with Gasteiger partial charge in [-0.05, 0) is 26.0 Å². The maximum atomic E-state index is 11.5. The van der Waals surface area contributed by atoms with E-state index in [1.54, 1.807) is 26.0 Å². The summed E-state index contributed by atoms with van der Waals surface area (Å²) in [5.74, 6) is -0.340. The molecule has 1 aromatic heterocycles. The van der Waals surface area contributed by atoms with Crippen LogP contribution in [0.25, 0.3) is 0 Å². The highest BCUT2D eigenvalue weighted by Gasteiger charge is 2.03. The number of carbonyl (C=O) groups excluding carboxylic acids is 1. The number of hydrogen-bond acceptors (Lipinski definition) is 5. The van der Waals surface area contributed by atoms with Crippen molar-refractivity contribution in [2.24, 2.45) is 10.3 Å². The zero-order valence-electron chi connectivity index (χ0n) is 9.01. The summed E-state index contributed by atoms with van der Waals surface area (Å²) in [7, 11) is 0. The van der Waals surface area contributed by atoms with E-state index in [1.165, 1.54) is 12.4 Å². The van der Waals surface area contributed by atoms with Crippen LogP contribution in [0.3, 0.4) is 0 Å². The lowest BCUT2D eigenvalue weighted by Gasteiger charge is -2.00. The highest BCUT2D eigenvalue weighted by molar-refractivity contribution is 6.40. The van der Waals surface area contributed by atoms with E-state index in [1.807, 2.05) is 0 Å². The molecule has 2 N–H and O–H groups in total. The van der Waals surface area contributed by atoms with Gasteiger partial charge in [0.05, 0.1) is 11.4 Å². The lowest BCUT2D eigenvalue weighted by molar-refractivity contribution is 0.0955. The van der Waals surface area contributed by atoms with Crippen molar-refractivity contribution >= 4 is 17.3 Å². The van der Waals surface area contributed by atoms with Gasteiger partial charge in [-0.2, -0.15) is 5.10 Å².